The SMILES string of the molecule is Cc1cc(C(=O)CSc2nnnn2C2CCCCC2)c(C)n1-c1ccc(S(N)(=O)=O)cc1. The van der Waals surface area contributed by atoms with Gasteiger partial charge in [0.1, 0.15) is 0 Å². The van der Waals surface area contributed by atoms with Crippen LogP contribution in [0.4, 0.5) is 0 Å². The summed E-state index contributed by atoms with van der Waals surface area (Å²) in [7, 11) is -3.76. The molecule has 11 heteroatoms. The number of hydrogen-bond acceptors (Lipinski definition) is 7. The Kier molecular flexibility index (Phi) is 6.50. The molecule has 2 N–H and O–H groups in total. The molecule has 1 aromatic carbocycles. The summed E-state index contributed by atoms with van der Waals surface area (Å²) in [5.74, 6) is 0.232. The summed E-state index contributed by atoms with van der Waals surface area (Å²) in [6.07, 6.45) is 5.74. The number of nitrogens with two attached hydrogens (primary N) is 1. The van der Waals surface area contributed by atoms with Gasteiger partial charge in [0.25, 0.3) is 0 Å². The summed E-state index contributed by atoms with van der Waals surface area (Å²) >= 11 is 1.36. The van der Waals surface area contributed by atoms with Crippen molar-refractivity contribution in [3.05, 3.63) is 47.3 Å². The number of aromatic nitrogens is 5. The van der Waals surface area contributed by atoms with E-state index < -0.39 is 10.0 Å². The highest BCUT2D eigenvalue weighted by Gasteiger charge is 2.22. The van der Waals surface area contributed by atoms with Gasteiger partial charge in [-0.1, -0.05) is 31.0 Å². The summed E-state index contributed by atoms with van der Waals surface area (Å²) in [5, 5.41) is 18.0. The maximum Gasteiger partial charge on any atom is 0.238 e. The molecule has 1 fully saturated rings. The lowest BCUT2D eigenvalue weighted by Crippen LogP contribution is -2.16. The highest BCUT2D eigenvalue weighted by molar-refractivity contribution is 7.99. The van der Waals surface area contributed by atoms with E-state index in [0.717, 1.165) is 29.9 Å². The molecule has 0 unspecified atom stereocenters. The molecule has 0 bridgehead atoms. The van der Waals surface area contributed by atoms with Crippen molar-refractivity contribution in [3.8, 4) is 5.69 Å². The molecule has 1 saturated carbocycles. The molecule has 2 heterocycles. The van der Waals surface area contributed by atoms with Crippen molar-refractivity contribution < 1.29 is 13.2 Å². The van der Waals surface area contributed by atoms with Gasteiger partial charge in [0.05, 0.1) is 16.7 Å². The van der Waals surface area contributed by atoms with Crippen LogP contribution in [-0.2, 0) is 10.0 Å². The third-order valence-electron chi connectivity index (χ3n) is 5.87. The number of primary sulfonamides is 1. The Hall–Kier alpha value is -2.50. The summed E-state index contributed by atoms with van der Waals surface area (Å²) in [6, 6.07) is 8.46. The van der Waals surface area contributed by atoms with Crippen LogP contribution in [0.15, 0.2) is 40.4 Å². The van der Waals surface area contributed by atoms with E-state index in [4.69, 9.17) is 5.14 Å². The molecule has 9 nitrogen and oxygen atoms in total. The van der Waals surface area contributed by atoms with Crippen LogP contribution < -0.4 is 5.14 Å². The number of tetrazole rings is 1. The lowest BCUT2D eigenvalue weighted by atomic mass is 9.96. The van der Waals surface area contributed by atoms with Crippen LogP contribution >= 0.6 is 11.8 Å². The highest BCUT2D eigenvalue weighted by Crippen LogP contribution is 2.31. The number of nitrogens with zero attached hydrogens (tertiary/aromatic N) is 5. The van der Waals surface area contributed by atoms with Crippen LogP contribution in [0.2, 0.25) is 0 Å². The first kappa shape index (κ1) is 22.7. The molecule has 0 spiro atoms. The van der Waals surface area contributed by atoms with Crippen molar-refractivity contribution in [1.29, 1.82) is 0 Å². The number of Topliss-reactive ketones (excluding diaryl/α,β-unsaturated/α-hetero) is 1. The molecule has 170 valence electrons. The number of ketones is 1. The topological polar surface area (TPSA) is 126 Å². The van der Waals surface area contributed by atoms with Crippen molar-refractivity contribution in [2.45, 2.75) is 62.0 Å². The van der Waals surface area contributed by atoms with Gasteiger partial charge >= 0.3 is 0 Å². The maximum atomic E-state index is 13.0. The Morgan fingerprint density at radius 1 is 1.16 bits per heavy atom. The fourth-order valence-corrected chi connectivity index (χ4v) is 5.61. The molecule has 0 saturated heterocycles. The number of aryl methyl sites for hydroxylation is 1. The first-order valence-electron chi connectivity index (χ1n) is 10.5. The summed E-state index contributed by atoms with van der Waals surface area (Å²) in [5.41, 5.74) is 3.07. The normalized spacial score (nSPS) is 15.2. The van der Waals surface area contributed by atoms with E-state index in [1.807, 2.05) is 29.2 Å². The van der Waals surface area contributed by atoms with Crippen molar-refractivity contribution in [2.24, 2.45) is 5.14 Å². The number of hydrogen-bond donors (Lipinski definition) is 1. The second-order valence-corrected chi connectivity index (χ2v) is 10.6. The van der Waals surface area contributed by atoms with Crippen LogP contribution in [0.5, 0.6) is 0 Å². The molecule has 4 rings (SSSR count). The molecule has 0 amide bonds. The number of rotatable bonds is 7. The minimum Gasteiger partial charge on any atom is -0.318 e. The lowest BCUT2D eigenvalue weighted by Gasteiger charge is -2.21. The largest absolute Gasteiger partial charge is 0.318 e. The van der Waals surface area contributed by atoms with Crippen LogP contribution in [0.3, 0.4) is 0 Å². The Morgan fingerprint density at radius 2 is 1.84 bits per heavy atom. The average molecular weight is 475 g/mol. The highest BCUT2D eigenvalue weighted by atomic mass is 32.2. The molecular formula is C21H26N6O3S2. The van der Waals surface area contributed by atoms with E-state index >= 15 is 0 Å². The molecule has 3 aromatic rings. The van der Waals surface area contributed by atoms with E-state index in [2.05, 4.69) is 15.5 Å². The molecule has 1 aliphatic carbocycles. The van der Waals surface area contributed by atoms with E-state index in [9.17, 15) is 13.2 Å². The zero-order valence-electron chi connectivity index (χ0n) is 18.1. The van der Waals surface area contributed by atoms with Gasteiger partial charge in [-0.3, -0.25) is 4.79 Å². The van der Waals surface area contributed by atoms with Gasteiger partial charge in [0.2, 0.25) is 15.2 Å². The van der Waals surface area contributed by atoms with Gasteiger partial charge in [-0.05, 0) is 67.4 Å². The van der Waals surface area contributed by atoms with Gasteiger partial charge in [-0.2, -0.15) is 0 Å². The van der Waals surface area contributed by atoms with Gasteiger partial charge < -0.3 is 4.57 Å². The molecule has 32 heavy (non-hydrogen) atoms. The quantitative estimate of drug-likeness (QED) is 0.411. The maximum absolute atomic E-state index is 13.0. The molecule has 0 radical (unpaired) electrons. The number of thioether (sulfide) groups is 1. The van der Waals surface area contributed by atoms with Crippen LogP contribution in [0.1, 0.15) is 59.9 Å². The minimum atomic E-state index is -3.76. The van der Waals surface area contributed by atoms with Crippen molar-refractivity contribution in [3.63, 3.8) is 0 Å². The molecule has 0 atom stereocenters. The number of sulfonamides is 1. The first-order chi connectivity index (χ1) is 15.3. The zero-order chi connectivity index (χ0) is 22.9. The van der Waals surface area contributed by atoms with E-state index in [0.29, 0.717) is 16.8 Å². The van der Waals surface area contributed by atoms with Crippen LogP contribution in [0, 0.1) is 13.8 Å². The monoisotopic (exact) mass is 474 g/mol. The second-order valence-electron chi connectivity index (χ2n) is 8.07. The zero-order valence-corrected chi connectivity index (χ0v) is 19.7. The van der Waals surface area contributed by atoms with Gasteiger partial charge in [-0.15, -0.1) is 5.10 Å². The lowest BCUT2D eigenvalue weighted by molar-refractivity contribution is 0.102. The number of carbonyl (C=O) groups is 1. The summed E-state index contributed by atoms with van der Waals surface area (Å²) in [4.78, 5) is 13.1. The Labute approximate surface area is 191 Å². The predicted molar refractivity (Wildman–Crippen MR) is 122 cm³/mol. The van der Waals surface area contributed by atoms with E-state index in [1.54, 1.807) is 12.1 Å². The Balaban J connectivity index is 1.51. The fraction of sp³-hybridized carbons (Fsp3) is 0.429. The molecular weight excluding hydrogens is 448 g/mol. The minimum absolute atomic E-state index is 0.00583. The summed E-state index contributed by atoms with van der Waals surface area (Å²) < 4.78 is 26.8. The van der Waals surface area contributed by atoms with Crippen LogP contribution in [-0.4, -0.2) is 44.7 Å². The average Bonchev–Trinajstić information content (AvgIpc) is 3.36. The van der Waals surface area contributed by atoms with E-state index in [-0.39, 0.29) is 16.4 Å². The standard InChI is InChI=1S/C21H26N6O3S2/c1-14-12-19(15(2)26(14)16-8-10-18(11-9-16)32(22,29)30)20(28)13-31-21-23-24-25-27(21)17-6-4-3-5-7-17/h8-12,17H,3-7,13H2,1-2H3,(H2,22,29,30). The van der Waals surface area contributed by atoms with Crippen molar-refractivity contribution in [1.82, 2.24) is 24.8 Å². The number of benzene rings is 1. The van der Waals surface area contributed by atoms with Gasteiger partial charge in [0.15, 0.2) is 5.78 Å². The third-order valence-corrected chi connectivity index (χ3v) is 7.73. The number of carbonyl (C=O) groups excluding carboxylic acids is 1. The van der Waals surface area contributed by atoms with Crippen LogP contribution in [0.25, 0.3) is 5.69 Å². The third kappa shape index (κ3) is 4.64. The molecule has 0 aliphatic heterocycles. The molecule has 1 aliphatic rings. The fourth-order valence-electron chi connectivity index (χ4n) is 4.27. The summed E-state index contributed by atoms with van der Waals surface area (Å²) in [6.45, 7) is 3.79. The van der Waals surface area contributed by atoms with Crippen molar-refractivity contribution in [2.75, 3.05) is 5.75 Å². The van der Waals surface area contributed by atoms with E-state index in [1.165, 1.54) is 43.2 Å². The second kappa shape index (κ2) is 9.16. The molecule has 2 aromatic heterocycles. The van der Waals surface area contributed by atoms with Crippen molar-refractivity contribution >= 4 is 27.6 Å². The smallest absolute Gasteiger partial charge is 0.238 e. The van der Waals surface area contributed by atoms with Gasteiger partial charge in [0, 0.05) is 22.6 Å². The van der Waals surface area contributed by atoms with Gasteiger partial charge in [-0.25, -0.2) is 18.2 Å². The predicted octanol–water partition coefficient (Wildman–Crippen LogP) is 3.21. The Bertz CT molecular complexity index is 1220. The first-order valence-corrected chi connectivity index (χ1v) is 13.0. The Morgan fingerprint density at radius 3 is 2.50 bits per heavy atom.